The summed E-state index contributed by atoms with van der Waals surface area (Å²) in [7, 11) is 3.06. The molecule has 0 saturated heterocycles. The van der Waals surface area contributed by atoms with E-state index in [2.05, 4.69) is 32.4 Å². The molecule has 0 fully saturated rings. The third-order valence-electron chi connectivity index (χ3n) is 3.84. The van der Waals surface area contributed by atoms with Gasteiger partial charge in [-0.05, 0) is 47.7 Å². The predicted molar refractivity (Wildman–Crippen MR) is 109 cm³/mol. The van der Waals surface area contributed by atoms with E-state index in [4.69, 9.17) is 33.9 Å². The van der Waals surface area contributed by atoms with Gasteiger partial charge in [0, 0.05) is 25.7 Å². The summed E-state index contributed by atoms with van der Waals surface area (Å²) in [6.45, 7) is 0. The summed E-state index contributed by atoms with van der Waals surface area (Å²) in [6.07, 6.45) is 5.55. The molecular weight excluding hydrogens is 372 g/mol. The van der Waals surface area contributed by atoms with Crippen molar-refractivity contribution in [1.29, 1.82) is 0 Å². The lowest BCUT2D eigenvalue weighted by molar-refractivity contribution is -0.200. The number of hydrogen-bond acceptors (Lipinski definition) is 7. The van der Waals surface area contributed by atoms with Crippen molar-refractivity contribution >= 4 is 46.5 Å². The van der Waals surface area contributed by atoms with Crippen LogP contribution in [0.5, 0.6) is 0 Å². The molecule has 2 rings (SSSR count). The Morgan fingerprint density at radius 1 is 1.04 bits per heavy atom. The van der Waals surface area contributed by atoms with Crippen molar-refractivity contribution in [3.8, 4) is 0 Å². The first-order chi connectivity index (χ1) is 12.1. The zero-order valence-electron chi connectivity index (χ0n) is 14.0. The maximum Gasteiger partial charge on any atom is 0.245 e. The van der Waals surface area contributed by atoms with Gasteiger partial charge in [-0.15, -0.1) is 0 Å². The molecule has 0 aromatic heterocycles. The van der Waals surface area contributed by atoms with Crippen molar-refractivity contribution in [3.05, 3.63) is 59.7 Å². The first-order valence-corrected chi connectivity index (χ1v) is 9.43. The minimum atomic E-state index is -1.26. The molecule has 1 aromatic carbocycles. The molecule has 0 atom stereocenters. The van der Waals surface area contributed by atoms with Crippen molar-refractivity contribution in [1.82, 2.24) is 0 Å². The minimum Gasteiger partial charge on any atom is -0.346 e. The van der Waals surface area contributed by atoms with Gasteiger partial charge in [0.25, 0.3) is 0 Å². The molecule has 0 unspecified atom stereocenters. The number of nitrogens with zero attached hydrogens (tertiary/aromatic N) is 2. The Kier molecular flexibility index (Phi) is 7.41. The summed E-state index contributed by atoms with van der Waals surface area (Å²) in [4.78, 5) is 8.29. The topological polar surface area (TPSA) is 43.2 Å². The van der Waals surface area contributed by atoms with Crippen LogP contribution in [0, 0.1) is 0 Å². The van der Waals surface area contributed by atoms with Crippen LogP contribution in [0.4, 0.5) is 0 Å². The molecule has 0 amide bonds. The van der Waals surface area contributed by atoms with Crippen LogP contribution in [0.3, 0.4) is 0 Å². The highest BCUT2D eigenvalue weighted by molar-refractivity contribution is 7.98. The Morgan fingerprint density at radius 2 is 1.68 bits per heavy atom. The van der Waals surface area contributed by atoms with Gasteiger partial charge in [0.15, 0.2) is 0 Å². The molecule has 0 spiro atoms. The summed E-state index contributed by atoms with van der Waals surface area (Å²) in [5, 5.41) is 4.70. The van der Waals surface area contributed by atoms with Gasteiger partial charge in [0.05, 0.1) is 10.3 Å². The van der Waals surface area contributed by atoms with Crippen LogP contribution in [0.25, 0.3) is 0 Å². The Labute approximate surface area is 162 Å². The molecule has 0 N–H and O–H groups in total. The monoisotopic (exact) mass is 390 g/mol. The van der Waals surface area contributed by atoms with E-state index in [1.807, 2.05) is 30.4 Å². The molecule has 0 heterocycles. The molecule has 4 nitrogen and oxygen atoms in total. The second kappa shape index (κ2) is 9.32. The van der Waals surface area contributed by atoms with Gasteiger partial charge in [-0.25, -0.2) is 0 Å². The Balaban J connectivity index is 2.22. The minimum absolute atomic E-state index is 0.790. The molecule has 0 radical (unpaired) electrons. The standard InChI is InChI=1S/C18H18N2O2S3/c1-21-18(22-2)10-16(8-9-17(18,19-13-23)20-14-24)12-25-11-15-6-4-3-5-7-15/h3-10H,11-12H2,1-2H3. The molecule has 1 aliphatic carbocycles. The van der Waals surface area contributed by atoms with Gasteiger partial charge in [-0.3, -0.25) is 0 Å². The molecule has 130 valence electrons. The lowest BCUT2D eigenvalue weighted by Crippen LogP contribution is -2.53. The van der Waals surface area contributed by atoms with E-state index >= 15 is 0 Å². The average molecular weight is 391 g/mol. The average Bonchev–Trinajstić information content (AvgIpc) is 2.64. The van der Waals surface area contributed by atoms with E-state index in [0.717, 1.165) is 17.1 Å². The SMILES string of the molecule is COC1(OC)C=C(CSCc2ccccc2)C=CC1(N=C=S)N=C=S. The van der Waals surface area contributed by atoms with Gasteiger partial charge in [-0.2, -0.15) is 21.7 Å². The lowest BCUT2D eigenvalue weighted by atomic mass is 9.91. The fourth-order valence-corrected chi connectivity index (χ4v) is 3.81. The van der Waals surface area contributed by atoms with Gasteiger partial charge >= 0.3 is 0 Å². The van der Waals surface area contributed by atoms with Crippen LogP contribution in [0.1, 0.15) is 5.56 Å². The van der Waals surface area contributed by atoms with Crippen molar-refractivity contribution in [2.75, 3.05) is 20.0 Å². The van der Waals surface area contributed by atoms with Gasteiger partial charge in [0.2, 0.25) is 11.4 Å². The van der Waals surface area contributed by atoms with E-state index in [0.29, 0.717) is 0 Å². The number of isothiocyanates is 2. The normalized spacial score (nSPS) is 21.0. The predicted octanol–water partition coefficient (Wildman–Crippen LogP) is 4.31. The molecule has 25 heavy (non-hydrogen) atoms. The van der Waals surface area contributed by atoms with Crippen LogP contribution in [-0.2, 0) is 15.2 Å². The smallest absolute Gasteiger partial charge is 0.245 e. The largest absolute Gasteiger partial charge is 0.346 e. The first-order valence-electron chi connectivity index (χ1n) is 7.46. The highest BCUT2D eigenvalue weighted by Gasteiger charge is 2.52. The zero-order chi connectivity index (χ0) is 18.2. The summed E-state index contributed by atoms with van der Waals surface area (Å²) >= 11 is 11.3. The molecule has 0 bridgehead atoms. The fraction of sp³-hybridized carbons (Fsp3) is 0.333. The van der Waals surface area contributed by atoms with Gasteiger partial charge < -0.3 is 9.47 Å². The van der Waals surface area contributed by atoms with Crippen molar-refractivity contribution in [2.24, 2.45) is 9.98 Å². The van der Waals surface area contributed by atoms with Gasteiger partial charge in [-0.1, -0.05) is 36.4 Å². The van der Waals surface area contributed by atoms with Gasteiger partial charge in [0.1, 0.15) is 0 Å². The van der Waals surface area contributed by atoms with E-state index in [1.54, 1.807) is 17.8 Å². The molecule has 0 aliphatic heterocycles. The first kappa shape index (κ1) is 19.9. The maximum absolute atomic E-state index is 5.62. The molecule has 1 aliphatic rings. The lowest BCUT2D eigenvalue weighted by Gasteiger charge is -2.40. The number of thioether (sulfide) groups is 1. The Morgan fingerprint density at radius 3 is 2.24 bits per heavy atom. The highest BCUT2D eigenvalue weighted by Crippen LogP contribution is 2.39. The number of hydrogen-bond donors (Lipinski definition) is 0. The third kappa shape index (κ3) is 4.40. The van der Waals surface area contributed by atoms with Crippen LogP contribution in [0.15, 0.2) is 64.1 Å². The van der Waals surface area contributed by atoms with Crippen LogP contribution in [-0.4, -0.2) is 41.7 Å². The third-order valence-corrected chi connectivity index (χ3v) is 5.09. The van der Waals surface area contributed by atoms with Crippen molar-refractivity contribution in [2.45, 2.75) is 17.2 Å². The van der Waals surface area contributed by atoms with Crippen LogP contribution >= 0.6 is 36.2 Å². The fourth-order valence-electron chi connectivity index (χ4n) is 2.58. The quantitative estimate of drug-likeness (QED) is 0.376. The molecule has 1 aromatic rings. The van der Waals surface area contributed by atoms with E-state index < -0.39 is 11.4 Å². The van der Waals surface area contributed by atoms with Crippen molar-refractivity contribution in [3.63, 3.8) is 0 Å². The van der Waals surface area contributed by atoms with Crippen molar-refractivity contribution < 1.29 is 9.47 Å². The number of rotatable bonds is 8. The summed E-state index contributed by atoms with van der Waals surface area (Å²) in [6, 6.07) is 10.3. The highest BCUT2D eigenvalue weighted by atomic mass is 32.2. The number of benzene rings is 1. The summed E-state index contributed by atoms with van der Waals surface area (Å²) in [5.74, 6) is 0.459. The Bertz CT molecular complexity index is 727. The van der Waals surface area contributed by atoms with Crippen LogP contribution in [0.2, 0.25) is 0 Å². The number of aliphatic imine (C=N–C) groups is 2. The molecule has 7 heteroatoms. The molecular formula is C18H18N2O2S3. The van der Waals surface area contributed by atoms with E-state index in [-0.39, 0.29) is 0 Å². The number of methoxy groups -OCH3 is 2. The second-order valence-electron chi connectivity index (χ2n) is 5.24. The number of ether oxygens (including phenoxy) is 2. The summed E-state index contributed by atoms with van der Waals surface area (Å²) in [5.41, 5.74) is 1.06. The summed E-state index contributed by atoms with van der Waals surface area (Å²) < 4.78 is 11.2. The number of allylic oxidation sites excluding steroid dienone is 1. The van der Waals surface area contributed by atoms with E-state index in [1.165, 1.54) is 19.8 Å². The number of thiocarbonyl (C=S) groups is 2. The second-order valence-corrected chi connectivity index (χ2v) is 6.59. The zero-order valence-corrected chi connectivity index (χ0v) is 16.4. The van der Waals surface area contributed by atoms with Crippen LogP contribution < -0.4 is 0 Å². The van der Waals surface area contributed by atoms with E-state index in [9.17, 15) is 0 Å². The molecule has 0 saturated carbocycles. The Hall–Kier alpha value is -1.43. The maximum atomic E-state index is 5.62.